The van der Waals surface area contributed by atoms with Gasteiger partial charge in [0, 0.05) is 6.04 Å². The van der Waals surface area contributed by atoms with E-state index in [1.54, 1.807) is 6.07 Å². The molecule has 1 aromatic carbocycles. The van der Waals surface area contributed by atoms with E-state index in [-0.39, 0.29) is 11.9 Å². The molecular formula is C10H13FN2. The lowest BCUT2D eigenvalue weighted by Crippen LogP contribution is -2.28. The third-order valence-corrected chi connectivity index (χ3v) is 2.65. The summed E-state index contributed by atoms with van der Waals surface area (Å²) >= 11 is 0. The van der Waals surface area contributed by atoms with Crippen LogP contribution in [0.15, 0.2) is 12.1 Å². The van der Waals surface area contributed by atoms with Crippen molar-refractivity contribution < 1.29 is 4.39 Å². The van der Waals surface area contributed by atoms with Gasteiger partial charge in [-0.05, 0) is 36.5 Å². The molecule has 1 aromatic rings. The molecule has 0 saturated carbocycles. The smallest absolute Gasteiger partial charge is 0.146 e. The van der Waals surface area contributed by atoms with Crippen molar-refractivity contribution in [3.05, 3.63) is 29.1 Å². The summed E-state index contributed by atoms with van der Waals surface area (Å²) in [6, 6.07) is 3.42. The van der Waals surface area contributed by atoms with E-state index in [4.69, 9.17) is 11.5 Å². The van der Waals surface area contributed by atoms with Crippen LogP contribution in [0.25, 0.3) is 0 Å². The van der Waals surface area contributed by atoms with E-state index < -0.39 is 0 Å². The summed E-state index contributed by atoms with van der Waals surface area (Å²) in [5.41, 5.74) is 13.8. The highest BCUT2D eigenvalue weighted by molar-refractivity contribution is 5.53. The van der Waals surface area contributed by atoms with Crippen molar-refractivity contribution in [3.8, 4) is 0 Å². The highest BCUT2D eigenvalue weighted by Gasteiger charge is 2.18. The third kappa shape index (κ3) is 1.40. The minimum absolute atomic E-state index is 0.206. The quantitative estimate of drug-likeness (QED) is 0.590. The lowest BCUT2D eigenvalue weighted by molar-refractivity contribution is 0.569. The number of anilines is 1. The molecule has 0 spiro atoms. The van der Waals surface area contributed by atoms with E-state index in [0.29, 0.717) is 5.69 Å². The number of nitrogen functional groups attached to an aromatic ring is 1. The van der Waals surface area contributed by atoms with Crippen molar-refractivity contribution in [3.63, 3.8) is 0 Å². The van der Waals surface area contributed by atoms with Crippen molar-refractivity contribution in [2.75, 3.05) is 5.73 Å². The first-order chi connectivity index (χ1) is 6.18. The molecule has 1 aliphatic rings. The number of fused-ring (bicyclic) bond motifs is 1. The second-order valence-corrected chi connectivity index (χ2v) is 3.60. The predicted octanol–water partition coefficient (Wildman–Crippen LogP) is 1.22. The second kappa shape index (κ2) is 3.00. The van der Waals surface area contributed by atoms with Crippen molar-refractivity contribution in [1.29, 1.82) is 0 Å². The molecule has 0 bridgehead atoms. The molecule has 0 saturated heterocycles. The summed E-state index contributed by atoms with van der Waals surface area (Å²) in [6.07, 6.45) is 2.53. The minimum Gasteiger partial charge on any atom is -0.396 e. The fraction of sp³-hybridized carbons (Fsp3) is 0.400. The molecule has 13 heavy (non-hydrogen) atoms. The van der Waals surface area contributed by atoms with Crippen LogP contribution in [-0.2, 0) is 12.8 Å². The molecule has 2 nitrogen and oxygen atoms in total. The molecule has 1 aliphatic carbocycles. The maximum Gasteiger partial charge on any atom is 0.146 e. The van der Waals surface area contributed by atoms with Crippen LogP contribution in [0, 0.1) is 5.82 Å². The van der Waals surface area contributed by atoms with E-state index >= 15 is 0 Å². The Bertz CT molecular complexity index is 336. The average Bonchev–Trinajstić information content (AvgIpc) is 2.12. The minimum atomic E-state index is -0.311. The average molecular weight is 180 g/mol. The molecule has 3 heteroatoms. The molecule has 0 radical (unpaired) electrons. The highest BCUT2D eigenvalue weighted by Crippen LogP contribution is 2.27. The van der Waals surface area contributed by atoms with E-state index in [2.05, 4.69) is 0 Å². The Kier molecular flexibility index (Phi) is 1.96. The van der Waals surface area contributed by atoms with Gasteiger partial charge in [0.05, 0.1) is 5.69 Å². The maximum atomic E-state index is 13.0. The van der Waals surface area contributed by atoms with Gasteiger partial charge in [-0.2, -0.15) is 0 Å². The Balaban J connectivity index is 2.47. The molecule has 0 aromatic heterocycles. The topological polar surface area (TPSA) is 52.0 Å². The molecule has 70 valence electrons. The molecular weight excluding hydrogens is 167 g/mol. The number of nitrogens with two attached hydrogens (primary N) is 2. The lowest BCUT2D eigenvalue weighted by atomic mass is 9.87. The number of halogens is 1. The molecule has 2 rings (SSSR count). The first kappa shape index (κ1) is 8.51. The Morgan fingerprint density at radius 2 is 2.15 bits per heavy atom. The summed E-state index contributed by atoms with van der Waals surface area (Å²) in [6.45, 7) is 0. The molecule has 4 N–H and O–H groups in total. The standard InChI is InChI=1S/C10H13FN2/c11-9-4-1-6-5-7(12)2-3-8(6)10(9)13/h1,4,7H,2-3,5,12-13H2. The van der Waals surface area contributed by atoms with Crippen LogP contribution in [0.5, 0.6) is 0 Å². The monoisotopic (exact) mass is 180 g/mol. The van der Waals surface area contributed by atoms with E-state index in [1.807, 2.05) is 0 Å². The van der Waals surface area contributed by atoms with Gasteiger partial charge in [0.25, 0.3) is 0 Å². The number of rotatable bonds is 0. The summed E-state index contributed by atoms with van der Waals surface area (Å²) < 4.78 is 13.0. The zero-order valence-corrected chi connectivity index (χ0v) is 7.39. The van der Waals surface area contributed by atoms with Gasteiger partial charge in [0.2, 0.25) is 0 Å². The summed E-state index contributed by atoms with van der Waals surface area (Å²) in [4.78, 5) is 0. The molecule has 1 atom stereocenters. The van der Waals surface area contributed by atoms with Crippen LogP contribution in [0.3, 0.4) is 0 Å². The largest absolute Gasteiger partial charge is 0.396 e. The van der Waals surface area contributed by atoms with Crippen LogP contribution >= 0.6 is 0 Å². The van der Waals surface area contributed by atoms with Gasteiger partial charge < -0.3 is 11.5 Å². The predicted molar refractivity (Wildman–Crippen MR) is 50.8 cm³/mol. The van der Waals surface area contributed by atoms with Crippen molar-refractivity contribution in [1.82, 2.24) is 0 Å². The van der Waals surface area contributed by atoms with E-state index in [0.717, 1.165) is 30.4 Å². The Labute approximate surface area is 76.7 Å². The molecule has 0 fully saturated rings. The SMILES string of the molecule is Nc1c(F)ccc2c1CCC(N)C2. The maximum absolute atomic E-state index is 13.0. The van der Waals surface area contributed by atoms with Gasteiger partial charge in [-0.15, -0.1) is 0 Å². The van der Waals surface area contributed by atoms with Crippen LogP contribution in [0.1, 0.15) is 17.5 Å². The van der Waals surface area contributed by atoms with Crippen LogP contribution in [0.4, 0.5) is 10.1 Å². The Morgan fingerprint density at radius 1 is 1.38 bits per heavy atom. The first-order valence-electron chi connectivity index (χ1n) is 4.50. The molecule has 1 unspecified atom stereocenters. The van der Waals surface area contributed by atoms with Crippen molar-refractivity contribution >= 4 is 5.69 Å². The van der Waals surface area contributed by atoms with Gasteiger partial charge in [0.1, 0.15) is 5.82 Å². The summed E-state index contributed by atoms with van der Waals surface area (Å²) in [5, 5.41) is 0. The number of hydrogen-bond donors (Lipinski definition) is 2. The zero-order chi connectivity index (χ0) is 9.42. The van der Waals surface area contributed by atoms with Gasteiger partial charge >= 0.3 is 0 Å². The fourth-order valence-corrected chi connectivity index (χ4v) is 1.88. The van der Waals surface area contributed by atoms with Gasteiger partial charge in [-0.3, -0.25) is 0 Å². The zero-order valence-electron chi connectivity index (χ0n) is 7.39. The number of benzene rings is 1. The van der Waals surface area contributed by atoms with Gasteiger partial charge in [-0.1, -0.05) is 6.07 Å². The van der Waals surface area contributed by atoms with Crippen LogP contribution in [0.2, 0.25) is 0 Å². The van der Waals surface area contributed by atoms with Crippen molar-refractivity contribution in [2.45, 2.75) is 25.3 Å². The lowest BCUT2D eigenvalue weighted by Gasteiger charge is -2.22. The van der Waals surface area contributed by atoms with Crippen molar-refractivity contribution in [2.24, 2.45) is 5.73 Å². The van der Waals surface area contributed by atoms with Crippen LogP contribution in [-0.4, -0.2) is 6.04 Å². The van der Waals surface area contributed by atoms with Gasteiger partial charge in [-0.25, -0.2) is 4.39 Å². The summed E-state index contributed by atoms with van der Waals surface area (Å²) in [5.74, 6) is -0.311. The summed E-state index contributed by atoms with van der Waals surface area (Å²) in [7, 11) is 0. The second-order valence-electron chi connectivity index (χ2n) is 3.60. The van der Waals surface area contributed by atoms with E-state index in [1.165, 1.54) is 6.07 Å². The Morgan fingerprint density at radius 3 is 2.92 bits per heavy atom. The number of hydrogen-bond acceptors (Lipinski definition) is 2. The third-order valence-electron chi connectivity index (χ3n) is 2.65. The normalized spacial score (nSPS) is 21.2. The molecule has 0 heterocycles. The van der Waals surface area contributed by atoms with E-state index in [9.17, 15) is 4.39 Å². The van der Waals surface area contributed by atoms with Crippen LogP contribution < -0.4 is 11.5 Å². The Hall–Kier alpha value is -1.09. The highest BCUT2D eigenvalue weighted by atomic mass is 19.1. The molecule has 0 aliphatic heterocycles. The first-order valence-corrected chi connectivity index (χ1v) is 4.50. The van der Waals surface area contributed by atoms with Gasteiger partial charge in [0.15, 0.2) is 0 Å². The fourth-order valence-electron chi connectivity index (χ4n) is 1.88. The molecule has 0 amide bonds.